The van der Waals surface area contributed by atoms with Crippen LogP contribution in [-0.2, 0) is 0 Å². The van der Waals surface area contributed by atoms with Gasteiger partial charge in [-0.1, -0.05) is 11.6 Å². The molecule has 1 N–H and O–H groups in total. The van der Waals surface area contributed by atoms with Crippen molar-refractivity contribution >= 4 is 17.2 Å². The summed E-state index contributed by atoms with van der Waals surface area (Å²) in [5.74, 6) is 2.17. The molecule has 0 spiro atoms. The Labute approximate surface area is 156 Å². The molecule has 0 aliphatic heterocycles. The maximum atomic E-state index is 6.35. The summed E-state index contributed by atoms with van der Waals surface area (Å²) in [5, 5.41) is 0.643. The lowest BCUT2D eigenvalue weighted by Gasteiger charge is -2.04. The number of rotatable bonds is 4. The second-order valence-corrected chi connectivity index (χ2v) is 6.54. The van der Waals surface area contributed by atoms with E-state index >= 15 is 0 Å². The number of hydrogen-bond acceptors (Lipinski definition) is 3. The standard InChI is InChI=1S/C20H18ClN3O2/c1-12-8-17(21)20-23-13(2)19(24(20)11-12)14-9-18(22-10-14)26-16-6-4-15(25-3)5-7-16/h4-11,22H,1-3H3. The molecule has 6 heteroatoms. The first kappa shape index (κ1) is 16.5. The van der Waals surface area contributed by atoms with E-state index in [2.05, 4.69) is 9.97 Å². The molecule has 1 aromatic carbocycles. The highest BCUT2D eigenvalue weighted by atomic mass is 35.5. The van der Waals surface area contributed by atoms with Gasteiger partial charge < -0.3 is 14.5 Å². The van der Waals surface area contributed by atoms with Crippen molar-refractivity contribution in [3.63, 3.8) is 0 Å². The van der Waals surface area contributed by atoms with Crippen molar-refractivity contribution in [1.29, 1.82) is 0 Å². The van der Waals surface area contributed by atoms with Crippen LogP contribution in [-0.4, -0.2) is 21.5 Å². The van der Waals surface area contributed by atoms with Crippen LogP contribution < -0.4 is 9.47 Å². The van der Waals surface area contributed by atoms with Gasteiger partial charge in [-0.05, 0) is 49.7 Å². The number of halogens is 1. The average Bonchev–Trinajstić information content (AvgIpc) is 3.19. The number of hydrogen-bond donors (Lipinski definition) is 1. The maximum Gasteiger partial charge on any atom is 0.198 e. The van der Waals surface area contributed by atoms with Crippen LogP contribution >= 0.6 is 11.6 Å². The van der Waals surface area contributed by atoms with Crippen molar-refractivity contribution in [1.82, 2.24) is 14.4 Å². The van der Waals surface area contributed by atoms with E-state index < -0.39 is 0 Å². The van der Waals surface area contributed by atoms with E-state index in [-0.39, 0.29) is 0 Å². The second kappa shape index (κ2) is 6.42. The monoisotopic (exact) mass is 367 g/mol. The number of ether oxygens (including phenoxy) is 2. The molecule has 0 atom stereocenters. The topological polar surface area (TPSA) is 51.6 Å². The van der Waals surface area contributed by atoms with Crippen LogP contribution in [0.4, 0.5) is 0 Å². The fourth-order valence-electron chi connectivity index (χ4n) is 3.03. The lowest BCUT2D eigenvalue weighted by atomic mass is 10.2. The maximum absolute atomic E-state index is 6.35. The number of aromatic nitrogens is 3. The van der Waals surface area contributed by atoms with Gasteiger partial charge in [0.05, 0.1) is 23.5 Å². The third kappa shape index (κ3) is 2.91. The molecule has 132 valence electrons. The first-order chi connectivity index (χ1) is 12.5. The number of aryl methyl sites for hydroxylation is 2. The van der Waals surface area contributed by atoms with Gasteiger partial charge in [-0.3, -0.25) is 4.40 Å². The van der Waals surface area contributed by atoms with Gasteiger partial charge in [0, 0.05) is 24.0 Å². The van der Waals surface area contributed by atoms with Crippen molar-refractivity contribution in [2.45, 2.75) is 13.8 Å². The average molecular weight is 368 g/mol. The van der Waals surface area contributed by atoms with Gasteiger partial charge in [0.1, 0.15) is 11.5 Å². The molecule has 3 aromatic heterocycles. The molecular weight excluding hydrogens is 350 g/mol. The SMILES string of the molecule is COc1ccc(Oc2cc(-c3c(C)nc4c(Cl)cc(C)cn34)c[nH]2)cc1. The Balaban J connectivity index is 1.69. The molecule has 0 aliphatic carbocycles. The van der Waals surface area contributed by atoms with Crippen molar-refractivity contribution < 1.29 is 9.47 Å². The highest BCUT2D eigenvalue weighted by molar-refractivity contribution is 6.33. The van der Waals surface area contributed by atoms with Crippen molar-refractivity contribution in [3.8, 4) is 28.6 Å². The van der Waals surface area contributed by atoms with E-state index in [4.69, 9.17) is 21.1 Å². The van der Waals surface area contributed by atoms with Crippen LogP contribution in [0.25, 0.3) is 16.9 Å². The van der Waals surface area contributed by atoms with Gasteiger partial charge >= 0.3 is 0 Å². The Morgan fingerprint density at radius 2 is 1.81 bits per heavy atom. The molecule has 0 saturated carbocycles. The Bertz CT molecular complexity index is 1080. The summed E-state index contributed by atoms with van der Waals surface area (Å²) in [6.45, 7) is 3.99. The van der Waals surface area contributed by atoms with E-state index in [0.717, 1.165) is 39.7 Å². The minimum absolute atomic E-state index is 0.643. The minimum atomic E-state index is 0.643. The van der Waals surface area contributed by atoms with Gasteiger partial charge in [-0.2, -0.15) is 0 Å². The number of nitrogens with one attached hydrogen (secondary N) is 1. The van der Waals surface area contributed by atoms with Crippen LogP contribution in [0, 0.1) is 13.8 Å². The smallest absolute Gasteiger partial charge is 0.198 e. The summed E-state index contributed by atoms with van der Waals surface area (Å²) >= 11 is 6.35. The first-order valence-corrected chi connectivity index (χ1v) is 8.58. The van der Waals surface area contributed by atoms with E-state index in [9.17, 15) is 0 Å². The van der Waals surface area contributed by atoms with Gasteiger partial charge in [0.15, 0.2) is 11.5 Å². The summed E-state index contributed by atoms with van der Waals surface area (Å²) in [6.07, 6.45) is 3.94. The number of nitrogens with zero attached hydrogens (tertiary/aromatic N) is 2. The Morgan fingerprint density at radius 3 is 2.54 bits per heavy atom. The number of pyridine rings is 1. The van der Waals surface area contributed by atoms with E-state index in [0.29, 0.717) is 10.9 Å². The lowest BCUT2D eigenvalue weighted by Crippen LogP contribution is -1.90. The molecule has 0 aliphatic rings. The van der Waals surface area contributed by atoms with Gasteiger partial charge in [-0.25, -0.2) is 4.98 Å². The number of imidazole rings is 1. The quantitative estimate of drug-likeness (QED) is 0.525. The summed E-state index contributed by atoms with van der Waals surface area (Å²) in [4.78, 5) is 7.77. The number of methoxy groups -OCH3 is 1. The summed E-state index contributed by atoms with van der Waals surface area (Å²) in [7, 11) is 1.64. The highest BCUT2D eigenvalue weighted by Crippen LogP contribution is 2.32. The zero-order chi connectivity index (χ0) is 18.3. The Kier molecular flexibility index (Phi) is 4.09. The van der Waals surface area contributed by atoms with E-state index in [1.54, 1.807) is 7.11 Å². The largest absolute Gasteiger partial charge is 0.497 e. The molecule has 0 bridgehead atoms. The van der Waals surface area contributed by atoms with Gasteiger partial charge in [0.2, 0.25) is 0 Å². The Hall–Kier alpha value is -2.92. The molecule has 0 saturated heterocycles. The number of fused-ring (bicyclic) bond motifs is 1. The lowest BCUT2D eigenvalue weighted by molar-refractivity contribution is 0.412. The molecule has 0 fully saturated rings. The fourth-order valence-corrected chi connectivity index (χ4v) is 3.34. The molecule has 0 radical (unpaired) electrons. The summed E-state index contributed by atoms with van der Waals surface area (Å²) in [5.41, 5.74) is 4.72. The molecular formula is C20H18ClN3O2. The third-order valence-electron chi connectivity index (χ3n) is 4.20. The predicted octanol–water partition coefficient (Wildman–Crippen LogP) is 5.40. The molecule has 3 heterocycles. The molecule has 5 nitrogen and oxygen atoms in total. The van der Waals surface area contributed by atoms with Crippen LogP contribution in [0.2, 0.25) is 5.02 Å². The summed E-state index contributed by atoms with van der Waals surface area (Å²) in [6, 6.07) is 11.3. The molecule has 4 rings (SSSR count). The zero-order valence-electron chi connectivity index (χ0n) is 14.7. The zero-order valence-corrected chi connectivity index (χ0v) is 15.5. The Morgan fingerprint density at radius 1 is 1.08 bits per heavy atom. The van der Waals surface area contributed by atoms with Crippen LogP contribution in [0.3, 0.4) is 0 Å². The van der Waals surface area contributed by atoms with Crippen LogP contribution in [0.1, 0.15) is 11.3 Å². The normalized spacial score (nSPS) is 11.1. The molecule has 0 unspecified atom stereocenters. The predicted molar refractivity (Wildman–Crippen MR) is 103 cm³/mol. The molecule has 4 aromatic rings. The minimum Gasteiger partial charge on any atom is -0.497 e. The molecule has 26 heavy (non-hydrogen) atoms. The second-order valence-electron chi connectivity index (χ2n) is 6.14. The number of benzene rings is 1. The number of H-pyrrole nitrogens is 1. The van der Waals surface area contributed by atoms with Crippen LogP contribution in [0.15, 0.2) is 48.8 Å². The van der Waals surface area contributed by atoms with Gasteiger partial charge in [0.25, 0.3) is 0 Å². The third-order valence-corrected chi connectivity index (χ3v) is 4.48. The van der Waals surface area contributed by atoms with Crippen molar-refractivity contribution in [3.05, 3.63) is 65.1 Å². The van der Waals surface area contributed by atoms with E-state index in [1.165, 1.54) is 0 Å². The fraction of sp³-hybridized carbons (Fsp3) is 0.150. The van der Waals surface area contributed by atoms with E-state index in [1.807, 2.05) is 67.0 Å². The summed E-state index contributed by atoms with van der Waals surface area (Å²) < 4.78 is 13.1. The van der Waals surface area contributed by atoms with Crippen LogP contribution in [0.5, 0.6) is 17.4 Å². The molecule has 0 amide bonds. The number of aromatic amines is 1. The highest BCUT2D eigenvalue weighted by Gasteiger charge is 2.15. The van der Waals surface area contributed by atoms with Gasteiger partial charge in [-0.15, -0.1) is 0 Å². The van der Waals surface area contributed by atoms with Crippen molar-refractivity contribution in [2.24, 2.45) is 0 Å². The van der Waals surface area contributed by atoms with Crippen molar-refractivity contribution in [2.75, 3.05) is 7.11 Å². The first-order valence-electron chi connectivity index (χ1n) is 8.20.